The number of fused-ring (bicyclic) bond motifs is 1. The number of rotatable bonds is 2. The minimum absolute atomic E-state index is 0.0995. The zero-order valence-corrected chi connectivity index (χ0v) is 15.8. The molecule has 4 rings (SSSR count). The molecule has 0 unspecified atom stereocenters. The van der Waals surface area contributed by atoms with E-state index in [0.29, 0.717) is 44.2 Å². The topological polar surface area (TPSA) is 48.1 Å². The number of allylic oxidation sites excluding steroid dienone is 1. The lowest BCUT2D eigenvalue weighted by Gasteiger charge is -2.35. The van der Waals surface area contributed by atoms with Crippen LogP contribution in [0.5, 0.6) is 0 Å². The van der Waals surface area contributed by atoms with Gasteiger partial charge in [0.2, 0.25) is 0 Å². The van der Waals surface area contributed by atoms with Crippen molar-refractivity contribution in [3.05, 3.63) is 64.8 Å². The summed E-state index contributed by atoms with van der Waals surface area (Å²) in [7, 11) is 1.93. The highest BCUT2D eigenvalue weighted by molar-refractivity contribution is 5.80. The Balaban J connectivity index is 1.66. The molecule has 2 amide bonds. The van der Waals surface area contributed by atoms with Crippen LogP contribution in [0.3, 0.4) is 0 Å². The standard InChI is InChI=1S/C20H22F2N4O2/c1-13-12-24(2)19-17(23-16-10-14(21)9-15(22)11-16)3-4-26(18(13)19)20(27)25-5-7-28-8-6-25/h3-4,9-11,23H,5-8,12H2,1-2H3. The third-order valence-electron chi connectivity index (χ3n) is 5.00. The molecule has 0 spiro atoms. The van der Waals surface area contributed by atoms with Crippen LogP contribution in [0.4, 0.5) is 19.3 Å². The van der Waals surface area contributed by atoms with Crippen LogP contribution in [0.2, 0.25) is 0 Å². The number of nitrogens with zero attached hydrogens (tertiary/aromatic N) is 3. The molecule has 6 nitrogen and oxygen atoms in total. The van der Waals surface area contributed by atoms with E-state index < -0.39 is 11.6 Å². The number of amides is 2. The van der Waals surface area contributed by atoms with Gasteiger partial charge in [-0.2, -0.15) is 0 Å². The third-order valence-corrected chi connectivity index (χ3v) is 5.00. The largest absolute Gasteiger partial charge is 0.378 e. The van der Waals surface area contributed by atoms with E-state index in [2.05, 4.69) is 5.32 Å². The summed E-state index contributed by atoms with van der Waals surface area (Å²) < 4.78 is 32.5. The molecule has 1 aromatic rings. The van der Waals surface area contributed by atoms with E-state index in [4.69, 9.17) is 4.74 Å². The van der Waals surface area contributed by atoms with Crippen LogP contribution in [-0.4, -0.2) is 60.6 Å². The Hall–Kier alpha value is -2.87. The molecule has 1 aromatic carbocycles. The summed E-state index contributed by atoms with van der Waals surface area (Å²) in [6, 6.07) is 3.21. The van der Waals surface area contributed by atoms with E-state index in [0.717, 1.165) is 23.0 Å². The number of hydrogen-bond donors (Lipinski definition) is 1. The van der Waals surface area contributed by atoms with Gasteiger partial charge in [-0.25, -0.2) is 13.6 Å². The number of morpholine rings is 1. The Morgan fingerprint density at radius 2 is 1.79 bits per heavy atom. The van der Waals surface area contributed by atoms with Gasteiger partial charge in [0.25, 0.3) is 0 Å². The van der Waals surface area contributed by atoms with Gasteiger partial charge in [-0.05, 0) is 30.7 Å². The SMILES string of the molecule is CC1=C2C(=C(Nc3cc(F)cc(F)c3)C=CN2C(=O)N2CCOCC2)N(C)C1. The molecular formula is C20H22F2N4O2. The number of ether oxygens (including phenoxy) is 1. The normalized spacial score (nSPS) is 19.5. The maximum atomic E-state index is 13.6. The van der Waals surface area contributed by atoms with Gasteiger partial charge in [-0.15, -0.1) is 0 Å². The molecule has 1 saturated heterocycles. The van der Waals surface area contributed by atoms with Gasteiger partial charge in [-0.3, -0.25) is 4.90 Å². The van der Waals surface area contributed by atoms with Gasteiger partial charge < -0.3 is 19.9 Å². The van der Waals surface area contributed by atoms with Crippen LogP contribution >= 0.6 is 0 Å². The summed E-state index contributed by atoms with van der Waals surface area (Å²) in [5.41, 5.74) is 3.68. The van der Waals surface area contributed by atoms with Crippen molar-refractivity contribution in [1.29, 1.82) is 0 Å². The minimum Gasteiger partial charge on any atom is -0.378 e. The fourth-order valence-electron chi connectivity index (χ4n) is 3.80. The molecule has 28 heavy (non-hydrogen) atoms. The van der Waals surface area contributed by atoms with E-state index in [1.54, 1.807) is 22.1 Å². The molecule has 0 bridgehead atoms. The average Bonchev–Trinajstić information content (AvgIpc) is 2.96. The van der Waals surface area contributed by atoms with Crippen LogP contribution in [-0.2, 0) is 4.74 Å². The molecule has 3 aliphatic rings. The summed E-state index contributed by atoms with van der Waals surface area (Å²) >= 11 is 0. The van der Waals surface area contributed by atoms with E-state index in [1.807, 2.05) is 18.9 Å². The van der Waals surface area contributed by atoms with Crippen LogP contribution < -0.4 is 5.32 Å². The molecule has 1 N–H and O–H groups in total. The lowest BCUT2D eigenvalue weighted by Crippen LogP contribution is -2.47. The number of benzene rings is 1. The molecule has 1 fully saturated rings. The Morgan fingerprint density at radius 1 is 1.11 bits per heavy atom. The quantitative estimate of drug-likeness (QED) is 0.846. The van der Waals surface area contributed by atoms with Crippen molar-refractivity contribution in [1.82, 2.24) is 14.7 Å². The summed E-state index contributed by atoms with van der Waals surface area (Å²) in [5, 5.41) is 3.09. The second-order valence-electron chi connectivity index (χ2n) is 7.10. The molecule has 3 heterocycles. The second-order valence-corrected chi connectivity index (χ2v) is 7.10. The summed E-state index contributed by atoms with van der Waals surface area (Å²) in [5.74, 6) is -1.30. The second kappa shape index (κ2) is 7.27. The Labute approximate surface area is 162 Å². The smallest absolute Gasteiger partial charge is 0.328 e. The highest BCUT2D eigenvalue weighted by Crippen LogP contribution is 2.36. The van der Waals surface area contributed by atoms with Gasteiger partial charge in [-0.1, -0.05) is 0 Å². The molecular weight excluding hydrogens is 366 g/mol. The number of hydrogen-bond acceptors (Lipinski definition) is 4. The van der Waals surface area contributed by atoms with Crippen molar-refractivity contribution < 1.29 is 18.3 Å². The first-order valence-electron chi connectivity index (χ1n) is 9.17. The van der Waals surface area contributed by atoms with Crippen LogP contribution in [0.15, 0.2) is 53.1 Å². The lowest BCUT2D eigenvalue weighted by molar-refractivity contribution is 0.0484. The number of carbonyl (C=O) groups is 1. The Morgan fingerprint density at radius 3 is 2.46 bits per heavy atom. The Kier molecular flexibility index (Phi) is 4.80. The average molecular weight is 388 g/mol. The number of likely N-dealkylation sites (N-methyl/N-ethyl adjacent to an activating group) is 1. The van der Waals surface area contributed by atoms with Gasteiger partial charge >= 0.3 is 6.03 Å². The van der Waals surface area contributed by atoms with E-state index in [-0.39, 0.29) is 6.03 Å². The van der Waals surface area contributed by atoms with Crippen molar-refractivity contribution in [3.8, 4) is 0 Å². The van der Waals surface area contributed by atoms with Crippen molar-refractivity contribution in [2.75, 3.05) is 45.2 Å². The monoisotopic (exact) mass is 388 g/mol. The number of anilines is 1. The van der Waals surface area contributed by atoms with Crippen LogP contribution in [0.1, 0.15) is 6.92 Å². The van der Waals surface area contributed by atoms with Crippen molar-refractivity contribution in [2.45, 2.75) is 6.92 Å². The summed E-state index contributed by atoms with van der Waals surface area (Å²) in [4.78, 5) is 18.5. The van der Waals surface area contributed by atoms with Gasteiger partial charge in [0, 0.05) is 44.6 Å². The van der Waals surface area contributed by atoms with Crippen molar-refractivity contribution in [2.24, 2.45) is 0 Å². The molecule has 0 saturated carbocycles. The molecule has 0 atom stereocenters. The fraction of sp³-hybridized carbons (Fsp3) is 0.350. The maximum absolute atomic E-state index is 13.6. The molecule has 0 aromatic heterocycles. The lowest BCUT2D eigenvalue weighted by atomic mass is 10.1. The number of carbonyl (C=O) groups excluding carboxylic acids is 1. The van der Waals surface area contributed by atoms with Gasteiger partial charge in [0.15, 0.2) is 0 Å². The molecule has 0 aliphatic carbocycles. The summed E-state index contributed by atoms with van der Waals surface area (Å²) in [6.45, 7) is 4.82. The first kappa shape index (κ1) is 18.5. The van der Waals surface area contributed by atoms with E-state index in [9.17, 15) is 13.6 Å². The molecule has 8 heteroatoms. The number of urea groups is 1. The van der Waals surface area contributed by atoms with E-state index in [1.165, 1.54) is 12.1 Å². The van der Waals surface area contributed by atoms with Crippen molar-refractivity contribution >= 4 is 11.7 Å². The van der Waals surface area contributed by atoms with Gasteiger partial charge in [0.05, 0.1) is 30.3 Å². The minimum atomic E-state index is -0.649. The third kappa shape index (κ3) is 3.35. The first-order chi connectivity index (χ1) is 13.4. The summed E-state index contributed by atoms with van der Waals surface area (Å²) in [6.07, 6.45) is 3.46. The van der Waals surface area contributed by atoms with Gasteiger partial charge in [0.1, 0.15) is 11.6 Å². The number of nitrogens with one attached hydrogen (secondary N) is 1. The predicted molar refractivity (Wildman–Crippen MR) is 101 cm³/mol. The Bertz CT molecular complexity index is 883. The molecule has 0 radical (unpaired) electrons. The zero-order valence-electron chi connectivity index (χ0n) is 15.8. The highest BCUT2D eigenvalue weighted by atomic mass is 19.1. The fourth-order valence-corrected chi connectivity index (χ4v) is 3.80. The van der Waals surface area contributed by atoms with Crippen molar-refractivity contribution in [3.63, 3.8) is 0 Å². The first-order valence-corrected chi connectivity index (χ1v) is 9.17. The molecule has 3 aliphatic heterocycles. The highest BCUT2D eigenvalue weighted by Gasteiger charge is 2.35. The maximum Gasteiger partial charge on any atom is 0.328 e. The number of halogens is 2. The van der Waals surface area contributed by atoms with E-state index >= 15 is 0 Å². The van der Waals surface area contributed by atoms with Crippen LogP contribution in [0.25, 0.3) is 0 Å². The molecule has 148 valence electrons. The zero-order chi connectivity index (χ0) is 19.8. The predicted octanol–water partition coefficient (Wildman–Crippen LogP) is 3.09. The van der Waals surface area contributed by atoms with Crippen LogP contribution in [0, 0.1) is 11.6 Å².